The van der Waals surface area contributed by atoms with Gasteiger partial charge in [-0.15, -0.1) is 0 Å². The molecule has 0 unspecified atom stereocenters. The van der Waals surface area contributed by atoms with Crippen LogP contribution in [0, 0.1) is 10.8 Å². The van der Waals surface area contributed by atoms with E-state index in [1.54, 1.807) is 0 Å². The van der Waals surface area contributed by atoms with Gasteiger partial charge in [0, 0.05) is 10.8 Å². The van der Waals surface area contributed by atoms with Crippen molar-refractivity contribution in [2.24, 2.45) is 10.8 Å². The zero-order valence-electron chi connectivity index (χ0n) is 30.0. The van der Waals surface area contributed by atoms with Crippen LogP contribution in [0.15, 0.2) is 109 Å². The molecule has 0 N–H and O–H groups in total. The van der Waals surface area contributed by atoms with Crippen LogP contribution in [0.5, 0.6) is 0 Å². The summed E-state index contributed by atoms with van der Waals surface area (Å²) in [6.07, 6.45) is -4.06. The lowest BCUT2D eigenvalue weighted by Gasteiger charge is -2.21. The van der Waals surface area contributed by atoms with Gasteiger partial charge in [0.05, 0.1) is 5.41 Å². The summed E-state index contributed by atoms with van der Waals surface area (Å²) in [4.78, 5) is 0. The number of rotatable bonds is 0. The molecule has 0 atom stereocenters. The second kappa shape index (κ2) is 13.0. The fourth-order valence-electron chi connectivity index (χ4n) is 6.06. The van der Waals surface area contributed by atoms with Crippen molar-refractivity contribution in [2.75, 3.05) is 0 Å². The van der Waals surface area contributed by atoms with Crippen LogP contribution < -0.4 is 0 Å². The number of benzene rings is 5. The van der Waals surface area contributed by atoms with Crippen molar-refractivity contribution < 1.29 is 13.2 Å². The molecule has 248 valence electrons. The first kappa shape index (κ1) is 36.0. The van der Waals surface area contributed by atoms with Crippen LogP contribution in [0.4, 0.5) is 13.2 Å². The molecule has 0 saturated carbocycles. The Balaban J connectivity index is 0.000000159. The molecule has 5 aromatic rings. The second-order valence-corrected chi connectivity index (χ2v) is 16.4. The molecule has 0 spiro atoms. The van der Waals surface area contributed by atoms with Gasteiger partial charge in [0.15, 0.2) is 0 Å². The van der Waals surface area contributed by atoms with Gasteiger partial charge in [-0.05, 0) is 72.8 Å². The van der Waals surface area contributed by atoms with E-state index >= 15 is 0 Å². The molecule has 0 bridgehead atoms. The smallest absolute Gasteiger partial charge is 0.171 e. The predicted molar refractivity (Wildman–Crippen MR) is 196 cm³/mol. The number of alkyl halides is 3. The lowest BCUT2D eigenvalue weighted by molar-refractivity contribution is -0.204. The largest absolute Gasteiger partial charge is 0.393 e. The highest BCUT2D eigenvalue weighted by Gasteiger charge is 2.43. The minimum Gasteiger partial charge on any atom is -0.171 e. The van der Waals surface area contributed by atoms with Gasteiger partial charge in [-0.1, -0.05) is 173 Å². The van der Waals surface area contributed by atoms with Crippen molar-refractivity contribution in [3.05, 3.63) is 131 Å². The number of fused-ring (bicyclic) bond motifs is 7. The number of hydrogen-bond donors (Lipinski definition) is 0. The van der Waals surface area contributed by atoms with E-state index in [2.05, 4.69) is 165 Å². The minimum atomic E-state index is -4.06. The van der Waals surface area contributed by atoms with Gasteiger partial charge >= 0.3 is 6.18 Å². The standard InChI is InChI=1S/C19H16.C15H14.C5H9F3.C5H12/c1-19(2)17-10-6-5-9-15(17)16-11-13-7-3-4-8-14(13)12-18(16)19;1-15(2)13-9-5-3-7-11(13)12-8-4-6-10-14(12)15;1-4(2,3)5(6,7)8;1-5(2,3)4/h3-12H,1-2H3;3-10H,1-2H3;1-3H3;1-4H3. The van der Waals surface area contributed by atoms with Crippen molar-refractivity contribution >= 4 is 10.8 Å². The van der Waals surface area contributed by atoms with Crippen molar-refractivity contribution in [3.63, 3.8) is 0 Å². The van der Waals surface area contributed by atoms with Crippen LogP contribution >= 0.6 is 0 Å². The SMILES string of the molecule is CC(C)(C)C.CC(C)(C)C(F)(F)F.CC1(C)c2ccccc2-c2cc3ccccc3cc21.CC1(C)c2ccccc2-c2ccccc21. The Morgan fingerprint density at radius 1 is 0.404 bits per heavy atom. The fraction of sp³-hybridized carbons (Fsp3) is 0.364. The molecular formula is C44H51F3. The van der Waals surface area contributed by atoms with Gasteiger partial charge in [-0.2, -0.15) is 13.2 Å². The maximum Gasteiger partial charge on any atom is 0.393 e. The summed E-state index contributed by atoms with van der Waals surface area (Å²) >= 11 is 0. The maximum atomic E-state index is 11.6. The molecule has 5 aromatic carbocycles. The Labute approximate surface area is 281 Å². The first-order valence-corrected chi connectivity index (χ1v) is 16.5. The van der Waals surface area contributed by atoms with Crippen LogP contribution in [0.2, 0.25) is 0 Å². The van der Waals surface area contributed by atoms with Crippen LogP contribution in [-0.4, -0.2) is 6.18 Å². The second-order valence-electron chi connectivity index (χ2n) is 16.4. The first-order chi connectivity index (χ1) is 21.6. The van der Waals surface area contributed by atoms with Crippen LogP contribution in [0.25, 0.3) is 33.0 Å². The van der Waals surface area contributed by atoms with Gasteiger partial charge in [-0.3, -0.25) is 0 Å². The molecule has 0 radical (unpaired) electrons. The van der Waals surface area contributed by atoms with Gasteiger partial charge < -0.3 is 0 Å². The molecule has 0 saturated heterocycles. The molecule has 7 rings (SSSR count). The fourth-order valence-corrected chi connectivity index (χ4v) is 6.06. The highest BCUT2D eigenvalue weighted by Crippen LogP contribution is 2.50. The van der Waals surface area contributed by atoms with E-state index in [-0.39, 0.29) is 10.8 Å². The minimum absolute atomic E-state index is 0.107. The van der Waals surface area contributed by atoms with E-state index in [4.69, 9.17) is 0 Å². The van der Waals surface area contributed by atoms with E-state index in [0.717, 1.165) is 20.8 Å². The van der Waals surface area contributed by atoms with Crippen molar-refractivity contribution in [1.82, 2.24) is 0 Å². The van der Waals surface area contributed by atoms with Crippen molar-refractivity contribution in [3.8, 4) is 22.3 Å². The number of hydrogen-bond acceptors (Lipinski definition) is 0. The van der Waals surface area contributed by atoms with Gasteiger partial charge in [0.2, 0.25) is 0 Å². The summed E-state index contributed by atoms with van der Waals surface area (Å²) in [6, 6.07) is 39.6. The van der Waals surface area contributed by atoms with Gasteiger partial charge in [0.1, 0.15) is 0 Å². The Morgan fingerprint density at radius 3 is 1.04 bits per heavy atom. The third-order valence-corrected chi connectivity index (χ3v) is 8.79. The van der Waals surface area contributed by atoms with Crippen LogP contribution in [0.3, 0.4) is 0 Å². The highest BCUT2D eigenvalue weighted by molar-refractivity contribution is 5.93. The molecule has 0 aliphatic heterocycles. The molecule has 2 aliphatic carbocycles. The van der Waals surface area contributed by atoms with Crippen molar-refractivity contribution in [1.29, 1.82) is 0 Å². The zero-order chi connectivity index (χ0) is 35.0. The first-order valence-electron chi connectivity index (χ1n) is 16.5. The molecule has 0 nitrogen and oxygen atoms in total. The molecule has 0 fully saturated rings. The summed E-state index contributed by atoms with van der Waals surface area (Å²) in [5, 5.41) is 2.66. The topological polar surface area (TPSA) is 0 Å². The summed E-state index contributed by atoms with van der Waals surface area (Å²) < 4.78 is 34.7. The summed E-state index contributed by atoms with van der Waals surface area (Å²) in [5.41, 5.74) is 10.6. The monoisotopic (exact) mass is 636 g/mol. The van der Waals surface area contributed by atoms with E-state index in [1.807, 2.05) is 0 Å². The van der Waals surface area contributed by atoms with Gasteiger partial charge in [0.25, 0.3) is 0 Å². The van der Waals surface area contributed by atoms with Crippen molar-refractivity contribution in [2.45, 2.75) is 93.2 Å². The molecule has 2 aliphatic rings. The van der Waals surface area contributed by atoms with E-state index in [1.165, 1.54) is 55.3 Å². The van der Waals surface area contributed by atoms with E-state index in [0.29, 0.717) is 5.41 Å². The summed E-state index contributed by atoms with van der Waals surface area (Å²) in [6.45, 7) is 21.4. The van der Waals surface area contributed by atoms with Gasteiger partial charge in [-0.25, -0.2) is 0 Å². The van der Waals surface area contributed by atoms with E-state index in [9.17, 15) is 13.2 Å². The average molecular weight is 637 g/mol. The van der Waals surface area contributed by atoms with E-state index < -0.39 is 11.6 Å². The van der Waals surface area contributed by atoms with Crippen LogP contribution in [-0.2, 0) is 10.8 Å². The Morgan fingerprint density at radius 2 is 0.681 bits per heavy atom. The molecule has 0 heterocycles. The predicted octanol–water partition coefficient (Wildman–Crippen LogP) is 13.8. The Hall–Kier alpha value is -3.85. The lowest BCUT2D eigenvalue weighted by atomic mass is 9.82. The molecule has 0 aromatic heterocycles. The summed E-state index contributed by atoms with van der Waals surface area (Å²) in [5.74, 6) is 0. The highest BCUT2D eigenvalue weighted by atomic mass is 19.4. The average Bonchev–Trinajstić information content (AvgIpc) is 3.35. The summed E-state index contributed by atoms with van der Waals surface area (Å²) in [7, 11) is 0. The normalized spacial score (nSPS) is 14.9. The Kier molecular flexibility index (Phi) is 9.94. The molecule has 3 heteroatoms. The maximum absolute atomic E-state index is 11.6. The zero-order valence-corrected chi connectivity index (χ0v) is 30.0. The Bertz CT molecular complexity index is 1770. The quantitative estimate of drug-likeness (QED) is 0.159. The molecule has 0 amide bonds. The third-order valence-electron chi connectivity index (χ3n) is 8.79. The van der Waals surface area contributed by atoms with Crippen LogP contribution in [0.1, 0.15) is 98.4 Å². The molecule has 47 heavy (non-hydrogen) atoms. The number of halogens is 3. The third kappa shape index (κ3) is 7.83. The lowest BCUT2D eigenvalue weighted by Crippen LogP contribution is -2.28. The molecular weight excluding hydrogens is 585 g/mol.